The summed E-state index contributed by atoms with van der Waals surface area (Å²) in [6, 6.07) is 17.0. The van der Waals surface area contributed by atoms with E-state index in [9.17, 15) is 4.79 Å². The Kier molecular flexibility index (Phi) is 3.48. The van der Waals surface area contributed by atoms with Crippen molar-refractivity contribution in [2.45, 2.75) is 0 Å². The Hall–Kier alpha value is -2.20. The summed E-state index contributed by atoms with van der Waals surface area (Å²) in [6.45, 7) is 0. The lowest BCUT2D eigenvalue weighted by molar-refractivity contribution is -0.129. The van der Waals surface area contributed by atoms with Gasteiger partial charge in [-0.15, -0.1) is 0 Å². The van der Waals surface area contributed by atoms with E-state index in [0.717, 1.165) is 15.6 Å². The highest BCUT2D eigenvalue weighted by atomic mass is 79.9. The second-order valence-electron chi connectivity index (χ2n) is 4.26. The first kappa shape index (κ1) is 12.8. The molecule has 98 valence electrons. The van der Waals surface area contributed by atoms with Gasteiger partial charge in [-0.1, -0.05) is 46.3 Å². The molecule has 0 saturated heterocycles. The molecule has 0 radical (unpaired) electrons. The average Bonchev–Trinajstić information content (AvgIpc) is 2.81. The van der Waals surface area contributed by atoms with Crippen LogP contribution in [0.4, 0.5) is 0 Å². The zero-order chi connectivity index (χ0) is 13.9. The van der Waals surface area contributed by atoms with Crippen LogP contribution in [-0.4, -0.2) is 11.9 Å². The summed E-state index contributed by atoms with van der Waals surface area (Å²) in [4.78, 5) is 16.1. The first-order valence-electron chi connectivity index (χ1n) is 6.06. The molecule has 0 unspecified atom stereocenters. The molecule has 0 N–H and O–H groups in total. The molecule has 0 aliphatic carbocycles. The quantitative estimate of drug-likeness (QED) is 0.621. The highest BCUT2D eigenvalue weighted by molar-refractivity contribution is 9.10. The predicted molar refractivity (Wildman–Crippen MR) is 81.2 cm³/mol. The Bertz CT molecular complexity index is 720. The molecular formula is C16H10BrNO2. The van der Waals surface area contributed by atoms with Crippen LogP contribution >= 0.6 is 15.9 Å². The molecular weight excluding hydrogens is 318 g/mol. The van der Waals surface area contributed by atoms with Gasteiger partial charge in [0, 0.05) is 10.0 Å². The number of cyclic esters (lactones) is 1. The molecule has 0 bridgehead atoms. The van der Waals surface area contributed by atoms with Crippen LogP contribution in [0.2, 0.25) is 0 Å². The summed E-state index contributed by atoms with van der Waals surface area (Å²) in [6.07, 6.45) is 1.71. The Morgan fingerprint density at radius 2 is 1.85 bits per heavy atom. The zero-order valence-electron chi connectivity index (χ0n) is 10.4. The van der Waals surface area contributed by atoms with E-state index < -0.39 is 5.97 Å². The average molecular weight is 328 g/mol. The van der Waals surface area contributed by atoms with Crippen LogP contribution in [-0.2, 0) is 9.53 Å². The molecule has 3 nitrogen and oxygen atoms in total. The lowest BCUT2D eigenvalue weighted by Crippen LogP contribution is -2.04. The minimum absolute atomic E-state index is 0.307. The molecule has 2 aromatic carbocycles. The third-order valence-corrected chi connectivity index (χ3v) is 3.29. The van der Waals surface area contributed by atoms with Crippen molar-refractivity contribution in [3.8, 4) is 0 Å². The number of halogens is 1. The minimum atomic E-state index is -0.427. The van der Waals surface area contributed by atoms with Crippen LogP contribution in [0.15, 0.2) is 69.8 Å². The molecule has 0 saturated carbocycles. The highest BCUT2D eigenvalue weighted by Gasteiger charge is 2.23. The van der Waals surface area contributed by atoms with Gasteiger partial charge in [-0.2, -0.15) is 0 Å². The topological polar surface area (TPSA) is 38.7 Å². The van der Waals surface area contributed by atoms with E-state index in [2.05, 4.69) is 20.9 Å². The number of aliphatic imine (C=N–C) groups is 1. The number of hydrogen-bond acceptors (Lipinski definition) is 3. The van der Waals surface area contributed by atoms with E-state index in [1.54, 1.807) is 6.08 Å². The Labute approximate surface area is 124 Å². The molecule has 0 fully saturated rings. The van der Waals surface area contributed by atoms with Crippen molar-refractivity contribution in [1.29, 1.82) is 0 Å². The van der Waals surface area contributed by atoms with E-state index in [-0.39, 0.29) is 0 Å². The molecule has 0 amide bonds. The lowest BCUT2D eigenvalue weighted by atomic mass is 10.2. The first-order valence-corrected chi connectivity index (χ1v) is 6.85. The molecule has 20 heavy (non-hydrogen) atoms. The van der Waals surface area contributed by atoms with Crippen molar-refractivity contribution in [3.05, 3.63) is 75.9 Å². The van der Waals surface area contributed by atoms with Gasteiger partial charge in [0.25, 0.3) is 0 Å². The van der Waals surface area contributed by atoms with Gasteiger partial charge < -0.3 is 4.74 Å². The van der Waals surface area contributed by atoms with Gasteiger partial charge in [0.1, 0.15) is 0 Å². The SMILES string of the molecule is O=C1OC(c2ccccc2)=N/C1=C/c1cccc(Br)c1. The van der Waals surface area contributed by atoms with Crippen LogP contribution in [0.5, 0.6) is 0 Å². The third-order valence-electron chi connectivity index (χ3n) is 2.79. The Morgan fingerprint density at radius 1 is 1.05 bits per heavy atom. The van der Waals surface area contributed by atoms with Crippen LogP contribution < -0.4 is 0 Å². The normalized spacial score (nSPS) is 16.1. The van der Waals surface area contributed by atoms with E-state index in [1.165, 1.54) is 0 Å². The fourth-order valence-corrected chi connectivity index (χ4v) is 2.28. The highest BCUT2D eigenvalue weighted by Crippen LogP contribution is 2.20. The van der Waals surface area contributed by atoms with E-state index in [1.807, 2.05) is 54.6 Å². The summed E-state index contributed by atoms with van der Waals surface area (Å²) in [5.41, 5.74) is 1.99. The van der Waals surface area contributed by atoms with Crippen LogP contribution in [0, 0.1) is 0 Å². The zero-order valence-corrected chi connectivity index (χ0v) is 12.0. The molecule has 0 spiro atoms. The standard InChI is InChI=1S/C16H10BrNO2/c17-13-8-4-5-11(9-13)10-14-16(19)20-15(18-14)12-6-2-1-3-7-12/h1-10H/b14-10+. The summed E-state index contributed by atoms with van der Waals surface area (Å²) in [5, 5.41) is 0. The van der Waals surface area contributed by atoms with Crippen molar-refractivity contribution in [3.63, 3.8) is 0 Å². The van der Waals surface area contributed by atoms with Gasteiger partial charge in [0.2, 0.25) is 5.90 Å². The molecule has 0 aromatic heterocycles. The Balaban J connectivity index is 1.95. The number of rotatable bonds is 2. The number of benzene rings is 2. The maximum Gasteiger partial charge on any atom is 0.363 e. The molecule has 1 aliphatic heterocycles. The first-order chi connectivity index (χ1) is 9.72. The third kappa shape index (κ3) is 2.70. The number of carbonyl (C=O) groups is 1. The summed E-state index contributed by atoms with van der Waals surface area (Å²) < 4.78 is 6.14. The largest absolute Gasteiger partial charge is 0.402 e. The number of carbonyl (C=O) groups excluding carboxylic acids is 1. The summed E-state index contributed by atoms with van der Waals surface area (Å²) in [5.74, 6) is -0.0827. The van der Waals surface area contributed by atoms with Crippen molar-refractivity contribution in [2.75, 3.05) is 0 Å². The molecule has 1 heterocycles. The van der Waals surface area contributed by atoms with Gasteiger partial charge in [-0.3, -0.25) is 0 Å². The van der Waals surface area contributed by atoms with Crippen molar-refractivity contribution in [2.24, 2.45) is 4.99 Å². The molecule has 3 rings (SSSR count). The van der Waals surface area contributed by atoms with E-state index >= 15 is 0 Å². The number of ether oxygens (including phenoxy) is 1. The predicted octanol–water partition coefficient (Wildman–Crippen LogP) is 3.79. The second-order valence-corrected chi connectivity index (χ2v) is 5.17. The van der Waals surface area contributed by atoms with E-state index in [0.29, 0.717) is 11.6 Å². The van der Waals surface area contributed by atoms with Crippen LogP contribution in [0.1, 0.15) is 11.1 Å². The fraction of sp³-hybridized carbons (Fsp3) is 0. The lowest BCUT2D eigenvalue weighted by Gasteiger charge is -1.97. The fourth-order valence-electron chi connectivity index (χ4n) is 1.87. The van der Waals surface area contributed by atoms with Crippen molar-refractivity contribution >= 4 is 33.9 Å². The molecule has 2 aromatic rings. The van der Waals surface area contributed by atoms with Crippen LogP contribution in [0.3, 0.4) is 0 Å². The monoisotopic (exact) mass is 327 g/mol. The van der Waals surface area contributed by atoms with Gasteiger partial charge in [-0.05, 0) is 35.9 Å². The van der Waals surface area contributed by atoms with Crippen molar-refractivity contribution in [1.82, 2.24) is 0 Å². The van der Waals surface area contributed by atoms with Crippen molar-refractivity contribution < 1.29 is 9.53 Å². The second kappa shape index (κ2) is 5.43. The van der Waals surface area contributed by atoms with Gasteiger partial charge in [-0.25, -0.2) is 9.79 Å². The molecule has 1 aliphatic rings. The number of esters is 1. The van der Waals surface area contributed by atoms with Gasteiger partial charge >= 0.3 is 5.97 Å². The number of nitrogens with zero attached hydrogens (tertiary/aromatic N) is 1. The molecule has 4 heteroatoms. The summed E-state index contributed by atoms with van der Waals surface area (Å²) >= 11 is 3.39. The Morgan fingerprint density at radius 3 is 2.60 bits per heavy atom. The minimum Gasteiger partial charge on any atom is -0.402 e. The number of hydrogen-bond donors (Lipinski definition) is 0. The van der Waals surface area contributed by atoms with E-state index in [4.69, 9.17) is 4.74 Å². The molecule has 0 atom stereocenters. The smallest absolute Gasteiger partial charge is 0.363 e. The summed E-state index contributed by atoms with van der Waals surface area (Å²) in [7, 11) is 0. The van der Waals surface area contributed by atoms with Gasteiger partial charge in [0.05, 0.1) is 0 Å². The maximum atomic E-state index is 11.8. The maximum absolute atomic E-state index is 11.8. The van der Waals surface area contributed by atoms with Gasteiger partial charge in [0.15, 0.2) is 5.70 Å². The van der Waals surface area contributed by atoms with Crippen LogP contribution in [0.25, 0.3) is 6.08 Å².